The van der Waals surface area contributed by atoms with Crippen LogP contribution in [-0.4, -0.2) is 37.8 Å². The number of thiazole rings is 1. The fraction of sp³-hybridized carbons (Fsp3) is 0.300. The summed E-state index contributed by atoms with van der Waals surface area (Å²) in [5, 5.41) is 2.74. The summed E-state index contributed by atoms with van der Waals surface area (Å²) in [6.45, 7) is 3.87. The summed E-state index contributed by atoms with van der Waals surface area (Å²) < 4.78 is 33.6. The fourth-order valence-electron chi connectivity index (χ4n) is 3.12. The zero-order chi connectivity index (χ0) is 22.1. The van der Waals surface area contributed by atoms with Crippen molar-refractivity contribution in [2.75, 3.05) is 22.5 Å². The molecule has 0 bridgehead atoms. The lowest BCUT2D eigenvalue weighted by molar-refractivity contribution is -0.116. The van der Waals surface area contributed by atoms with E-state index in [0.717, 1.165) is 32.1 Å². The molecule has 0 fully saturated rings. The molecule has 0 aliphatic heterocycles. The van der Waals surface area contributed by atoms with E-state index in [-0.39, 0.29) is 4.87 Å². The number of nitrogens with one attached hydrogen (secondary N) is 1. The minimum Gasteiger partial charge on any atom is -0.494 e. The van der Waals surface area contributed by atoms with Gasteiger partial charge in [-0.05, 0) is 56.3 Å². The van der Waals surface area contributed by atoms with Crippen LogP contribution in [0.3, 0.4) is 0 Å². The molecule has 3 aromatic rings. The number of sulfonamides is 1. The van der Waals surface area contributed by atoms with Gasteiger partial charge in [-0.15, -0.1) is 0 Å². The molecular formula is C20H23N3O5S2. The molecule has 0 unspecified atom stereocenters. The van der Waals surface area contributed by atoms with Crippen molar-refractivity contribution in [1.82, 2.24) is 4.57 Å². The van der Waals surface area contributed by atoms with Gasteiger partial charge in [-0.2, -0.15) is 0 Å². The van der Waals surface area contributed by atoms with Gasteiger partial charge in [0.2, 0.25) is 15.9 Å². The predicted octanol–water partition coefficient (Wildman–Crippen LogP) is 2.79. The van der Waals surface area contributed by atoms with Gasteiger partial charge in [0.25, 0.3) is 0 Å². The van der Waals surface area contributed by atoms with E-state index in [0.29, 0.717) is 23.7 Å². The van der Waals surface area contributed by atoms with E-state index in [4.69, 9.17) is 4.74 Å². The fourth-order valence-corrected chi connectivity index (χ4v) is 5.22. The summed E-state index contributed by atoms with van der Waals surface area (Å²) in [7, 11) is -2.04. The number of amides is 1. The Bertz CT molecular complexity index is 1230. The van der Waals surface area contributed by atoms with Crippen molar-refractivity contribution in [3.63, 3.8) is 0 Å². The Morgan fingerprint density at radius 1 is 1.23 bits per heavy atom. The van der Waals surface area contributed by atoms with Gasteiger partial charge in [0.1, 0.15) is 11.8 Å². The van der Waals surface area contributed by atoms with Crippen LogP contribution >= 0.6 is 11.3 Å². The summed E-state index contributed by atoms with van der Waals surface area (Å²) in [6.07, 6.45) is 1.06. The molecule has 0 aliphatic rings. The largest absolute Gasteiger partial charge is 0.494 e. The van der Waals surface area contributed by atoms with Crippen molar-refractivity contribution >= 4 is 48.9 Å². The van der Waals surface area contributed by atoms with Crippen molar-refractivity contribution < 1.29 is 17.9 Å². The quantitative estimate of drug-likeness (QED) is 0.598. The van der Waals surface area contributed by atoms with Crippen molar-refractivity contribution in [1.29, 1.82) is 0 Å². The number of anilines is 2. The Labute approximate surface area is 178 Å². The highest BCUT2D eigenvalue weighted by Crippen LogP contribution is 2.25. The van der Waals surface area contributed by atoms with Gasteiger partial charge >= 0.3 is 4.87 Å². The first kappa shape index (κ1) is 21.8. The maximum absolute atomic E-state index is 12.8. The molecule has 0 radical (unpaired) electrons. The van der Waals surface area contributed by atoms with Crippen molar-refractivity contribution in [3.8, 4) is 5.75 Å². The summed E-state index contributed by atoms with van der Waals surface area (Å²) >= 11 is 1.08. The number of carbonyl (C=O) groups excluding carboxylic acids is 1. The van der Waals surface area contributed by atoms with Crippen LogP contribution in [0, 0.1) is 0 Å². The van der Waals surface area contributed by atoms with E-state index < -0.39 is 22.0 Å². The van der Waals surface area contributed by atoms with E-state index in [2.05, 4.69) is 5.32 Å². The molecule has 3 rings (SSSR count). The lowest BCUT2D eigenvalue weighted by Crippen LogP contribution is -2.45. The lowest BCUT2D eigenvalue weighted by atomic mass is 10.2. The average Bonchev–Trinajstić information content (AvgIpc) is 2.95. The van der Waals surface area contributed by atoms with E-state index in [1.807, 2.05) is 6.92 Å². The molecule has 8 nitrogen and oxygen atoms in total. The van der Waals surface area contributed by atoms with Gasteiger partial charge in [0.05, 0.1) is 28.8 Å². The predicted molar refractivity (Wildman–Crippen MR) is 120 cm³/mol. The highest BCUT2D eigenvalue weighted by molar-refractivity contribution is 7.92. The van der Waals surface area contributed by atoms with Crippen molar-refractivity contribution in [2.45, 2.75) is 19.9 Å². The average molecular weight is 450 g/mol. The number of nitrogens with zero attached hydrogens (tertiary/aromatic N) is 2. The SMILES string of the molecule is CCOc1ccc(N([C@H](C)C(=O)Nc2ccc3c(c2)sc(=O)n3C)S(C)(=O)=O)cc1. The van der Waals surface area contributed by atoms with Gasteiger partial charge in [-0.1, -0.05) is 11.3 Å². The van der Waals surface area contributed by atoms with Gasteiger partial charge in [0.15, 0.2) is 0 Å². The first-order chi connectivity index (χ1) is 14.1. The van der Waals surface area contributed by atoms with Crippen LogP contribution < -0.4 is 19.2 Å². The molecule has 160 valence electrons. The summed E-state index contributed by atoms with van der Waals surface area (Å²) in [5.41, 5.74) is 1.62. The summed E-state index contributed by atoms with van der Waals surface area (Å²) in [5.74, 6) is 0.124. The first-order valence-electron chi connectivity index (χ1n) is 9.24. The molecule has 10 heteroatoms. The number of rotatable bonds is 7. The van der Waals surface area contributed by atoms with Crippen molar-refractivity contribution in [2.24, 2.45) is 7.05 Å². The van der Waals surface area contributed by atoms with E-state index in [9.17, 15) is 18.0 Å². The minimum absolute atomic E-state index is 0.0967. The Morgan fingerprint density at radius 3 is 2.50 bits per heavy atom. The zero-order valence-corrected chi connectivity index (χ0v) is 18.7. The number of benzene rings is 2. The highest BCUT2D eigenvalue weighted by atomic mass is 32.2. The second-order valence-electron chi connectivity index (χ2n) is 6.76. The van der Waals surface area contributed by atoms with E-state index in [1.165, 1.54) is 11.5 Å². The molecule has 0 aliphatic carbocycles. The molecule has 0 saturated carbocycles. The van der Waals surface area contributed by atoms with Crippen LogP contribution in [0.15, 0.2) is 47.3 Å². The third kappa shape index (κ3) is 4.49. The Balaban J connectivity index is 1.86. The second kappa shape index (κ2) is 8.49. The standard InChI is InChI=1S/C20H23N3O5S2/c1-5-28-16-9-7-15(8-10-16)23(30(4,26)27)13(2)19(24)21-14-6-11-17-18(12-14)29-20(25)22(17)3/h6-13H,5H2,1-4H3,(H,21,24)/t13-/m1/s1. The zero-order valence-electron chi connectivity index (χ0n) is 17.1. The van der Waals surface area contributed by atoms with E-state index >= 15 is 0 Å². The smallest absolute Gasteiger partial charge is 0.307 e. The van der Waals surface area contributed by atoms with Crippen LogP contribution in [0.5, 0.6) is 5.75 Å². The second-order valence-corrected chi connectivity index (χ2v) is 9.61. The Kier molecular flexibility index (Phi) is 6.18. The van der Waals surface area contributed by atoms with Gasteiger partial charge in [-0.25, -0.2) is 8.42 Å². The molecule has 0 spiro atoms. The topological polar surface area (TPSA) is 97.7 Å². The van der Waals surface area contributed by atoms with Gasteiger partial charge in [-0.3, -0.25) is 13.9 Å². The van der Waals surface area contributed by atoms with Crippen LogP contribution in [0.1, 0.15) is 13.8 Å². The van der Waals surface area contributed by atoms with Crippen molar-refractivity contribution in [3.05, 3.63) is 52.1 Å². The van der Waals surface area contributed by atoms with Crippen LogP contribution in [0.25, 0.3) is 10.2 Å². The number of fused-ring (bicyclic) bond motifs is 1. The third-order valence-electron chi connectivity index (χ3n) is 4.55. The molecule has 2 aromatic carbocycles. The normalized spacial score (nSPS) is 12.5. The number of hydrogen-bond donors (Lipinski definition) is 1. The number of hydrogen-bond acceptors (Lipinski definition) is 6. The maximum atomic E-state index is 12.8. The molecule has 1 N–H and O–H groups in total. The highest BCUT2D eigenvalue weighted by Gasteiger charge is 2.29. The molecule has 0 saturated heterocycles. The van der Waals surface area contributed by atoms with E-state index in [1.54, 1.807) is 49.5 Å². The van der Waals surface area contributed by atoms with Gasteiger partial charge < -0.3 is 14.6 Å². The summed E-state index contributed by atoms with van der Waals surface area (Å²) in [4.78, 5) is 24.6. The van der Waals surface area contributed by atoms with Crippen LogP contribution in [0.4, 0.5) is 11.4 Å². The summed E-state index contributed by atoms with van der Waals surface area (Å²) in [6, 6.07) is 10.7. The molecular weight excluding hydrogens is 426 g/mol. The maximum Gasteiger partial charge on any atom is 0.307 e. The molecule has 30 heavy (non-hydrogen) atoms. The van der Waals surface area contributed by atoms with Gasteiger partial charge in [0, 0.05) is 12.7 Å². The lowest BCUT2D eigenvalue weighted by Gasteiger charge is -2.28. The number of ether oxygens (including phenoxy) is 1. The first-order valence-corrected chi connectivity index (χ1v) is 11.9. The molecule has 1 amide bonds. The number of aromatic nitrogens is 1. The number of aryl methyl sites for hydroxylation is 1. The number of carbonyl (C=O) groups is 1. The molecule has 1 aromatic heterocycles. The Morgan fingerprint density at radius 2 is 1.90 bits per heavy atom. The Hall–Kier alpha value is -2.85. The monoisotopic (exact) mass is 449 g/mol. The molecule has 1 atom stereocenters. The molecule has 1 heterocycles. The minimum atomic E-state index is -3.73. The third-order valence-corrected chi connectivity index (χ3v) is 6.79. The van der Waals surface area contributed by atoms with Crippen LogP contribution in [0.2, 0.25) is 0 Å². The van der Waals surface area contributed by atoms with Crippen LogP contribution in [-0.2, 0) is 21.9 Å².